The molecule has 11 heteroatoms. The Labute approximate surface area is 219 Å². The quantitative estimate of drug-likeness (QED) is 0.396. The molecule has 0 saturated carbocycles. The summed E-state index contributed by atoms with van der Waals surface area (Å²) in [5.41, 5.74) is -1.06. The van der Waals surface area contributed by atoms with E-state index in [1.807, 2.05) is 0 Å². The van der Waals surface area contributed by atoms with Crippen molar-refractivity contribution in [2.45, 2.75) is 50.4 Å². The average Bonchev–Trinajstić information content (AvgIpc) is 3.51. The van der Waals surface area contributed by atoms with Crippen LogP contribution in [0.4, 0.5) is 10.6 Å². The van der Waals surface area contributed by atoms with Crippen molar-refractivity contribution in [3.05, 3.63) is 53.2 Å². The fourth-order valence-corrected chi connectivity index (χ4v) is 5.03. The lowest BCUT2D eigenvalue weighted by Gasteiger charge is -2.33. The maximum absolute atomic E-state index is 13.1. The van der Waals surface area contributed by atoms with Crippen LogP contribution in [0.3, 0.4) is 0 Å². The summed E-state index contributed by atoms with van der Waals surface area (Å²) in [5, 5.41) is 15.3. The van der Waals surface area contributed by atoms with E-state index in [1.54, 1.807) is 44.2 Å². The standard InChI is InChI=1S/C27H27N5O6/c1-26(2,37)20-7-9-22(33)32(20)21-8-4-16(13-28-21)10-11-27(24(35)29-25(36)30-27)15-31-14-17-5-6-18(38-3)12-19(17)23(31)34/h4-6,8,12-13,20,37H,7,9,14-15H2,1-3H3,(H2,29,30,35,36)/t20?,27-/m1/s1. The van der Waals surface area contributed by atoms with Crippen LogP contribution in [0.15, 0.2) is 36.5 Å². The number of aliphatic hydroxyl groups is 1. The lowest BCUT2D eigenvalue weighted by Crippen LogP contribution is -2.54. The summed E-state index contributed by atoms with van der Waals surface area (Å²) >= 11 is 0. The van der Waals surface area contributed by atoms with Crippen LogP contribution in [-0.2, 0) is 16.1 Å². The van der Waals surface area contributed by atoms with E-state index in [9.17, 15) is 24.3 Å². The average molecular weight is 518 g/mol. The second-order valence-electron chi connectivity index (χ2n) is 10.1. The molecule has 5 rings (SSSR count). The van der Waals surface area contributed by atoms with Gasteiger partial charge in [-0.05, 0) is 50.1 Å². The molecule has 0 spiro atoms. The third kappa shape index (κ3) is 4.43. The zero-order valence-electron chi connectivity index (χ0n) is 21.2. The fraction of sp³-hybridized carbons (Fsp3) is 0.370. The number of methoxy groups -OCH3 is 1. The molecule has 11 nitrogen and oxygen atoms in total. The third-order valence-corrected chi connectivity index (χ3v) is 7.01. The molecule has 2 saturated heterocycles. The van der Waals surface area contributed by atoms with E-state index in [4.69, 9.17) is 4.74 Å². The number of rotatable bonds is 5. The number of hydrogen-bond donors (Lipinski definition) is 3. The van der Waals surface area contributed by atoms with Gasteiger partial charge in [0, 0.05) is 30.3 Å². The van der Waals surface area contributed by atoms with E-state index < -0.39 is 29.1 Å². The first-order valence-electron chi connectivity index (χ1n) is 12.1. The summed E-state index contributed by atoms with van der Waals surface area (Å²) in [6, 6.07) is 7.36. The molecule has 2 aromatic rings. The van der Waals surface area contributed by atoms with Crippen molar-refractivity contribution in [2.24, 2.45) is 0 Å². The minimum Gasteiger partial charge on any atom is -0.497 e. The molecular formula is C27H27N5O6. The Morgan fingerprint density at radius 3 is 2.63 bits per heavy atom. The SMILES string of the molecule is COc1ccc2c(c1)C(=O)N(C[C@@]1(C#Cc3ccc(N4C(=O)CCC4C(C)(C)O)nc3)NC(=O)NC1=O)C2. The van der Waals surface area contributed by atoms with Gasteiger partial charge in [0.1, 0.15) is 11.6 Å². The number of hydrogen-bond acceptors (Lipinski definition) is 7. The van der Waals surface area contributed by atoms with Crippen molar-refractivity contribution in [3.8, 4) is 17.6 Å². The van der Waals surface area contributed by atoms with Crippen LogP contribution < -0.4 is 20.3 Å². The number of amides is 5. The Morgan fingerprint density at radius 1 is 1.21 bits per heavy atom. The van der Waals surface area contributed by atoms with Crippen LogP contribution in [0.1, 0.15) is 48.2 Å². The molecule has 0 aliphatic carbocycles. The van der Waals surface area contributed by atoms with E-state index >= 15 is 0 Å². The zero-order chi connectivity index (χ0) is 27.2. The van der Waals surface area contributed by atoms with Crippen LogP contribution in [0.5, 0.6) is 5.75 Å². The summed E-state index contributed by atoms with van der Waals surface area (Å²) in [4.78, 5) is 57.8. The number of ether oxygens (including phenoxy) is 1. The van der Waals surface area contributed by atoms with Crippen molar-refractivity contribution >= 4 is 29.6 Å². The minimum atomic E-state index is -1.66. The number of carbonyl (C=O) groups excluding carboxylic acids is 4. The predicted octanol–water partition coefficient (Wildman–Crippen LogP) is 0.942. The highest BCUT2D eigenvalue weighted by molar-refractivity contribution is 6.10. The second-order valence-corrected chi connectivity index (χ2v) is 10.1. The Kier molecular flexibility index (Phi) is 6.07. The number of benzene rings is 1. The van der Waals surface area contributed by atoms with E-state index in [1.165, 1.54) is 23.1 Å². The van der Waals surface area contributed by atoms with E-state index in [0.717, 1.165) is 5.56 Å². The summed E-state index contributed by atoms with van der Waals surface area (Å²) in [5.74, 6) is 5.58. The van der Waals surface area contributed by atoms with Crippen LogP contribution in [0.25, 0.3) is 0 Å². The van der Waals surface area contributed by atoms with Crippen LogP contribution in [0.2, 0.25) is 0 Å². The number of nitrogens with zero attached hydrogens (tertiary/aromatic N) is 3. The molecule has 5 amide bonds. The first kappa shape index (κ1) is 25.2. The lowest BCUT2D eigenvalue weighted by atomic mass is 9.96. The maximum Gasteiger partial charge on any atom is 0.323 e. The lowest BCUT2D eigenvalue weighted by molar-refractivity contribution is -0.122. The highest BCUT2D eigenvalue weighted by atomic mass is 16.5. The van der Waals surface area contributed by atoms with E-state index in [2.05, 4.69) is 27.5 Å². The molecule has 196 valence electrons. The first-order chi connectivity index (χ1) is 18.0. The van der Waals surface area contributed by atoms with Gasteiger partial charge in [-0.1, -0.05) is 17.9 Å². The molecule has 1 unspecified atom stereocenters. The number of aromatic nitrogens is 1. The van der Waals surface area contributed by atoms with Gasteiger partial charge in [0.25, 0.3) is 11.8 Å². The molecule has 38 heavy (non-hydrogen) atoms. The number of pyridine rings is 1. The van der Waals surface area contributed by atoms with E-state index in [-0.39, 0.29) is 24.9 Å². The minimum absolute atomic E-state index is 0.123. The van der Waals surface area contributed by atoms with Gasteiger partial charge in [0.05, 0.1) is 25.3 Å². The number of imide groups is 1. The topological polar surface area (TPSA) is 141 Å². The van der Waals surface area contributed by atoms with Crippen LogP contribution in [0, 0.1) is 11.8 Å². The monoisotopic (exact) mass is 517 g/mol. The Balaban J connectivity index is 1.39. The third-order valence-electron chi connectivity index (χ3n) is 7.01. The van der Waals surface area contributed by atoms with Gasteiger partial charge in [-0.25, -0.2) is 9.78 Å². The molecule has 2 fully saturated rings. The van der Waals surface area contributed by atoms with E-state index in [0.29, 0.717) is 35.5 Å². The molecule has 3 aliphatic rings. The molecule has 0 bridgehead atoms. The number of nitrogens with one attached hydrogen (secondary N) is 2. The largest absolute Gasteiger partial charge is 0.497 e. The number of anilines is 1. The number of fused-ring (bicyclic) bond motifs is 1. The maximum atomic E-state index is 13.1. The van der Waals surface area contributed by atoms with Gasteiger partial charge in [-0.3, -0.25) is 24.6 Å². The predicted molar refractivity (Wildman–Crippen MR) is 135 cm³/mol. The molecule has 1 aromatic heterocycles. The van der Waals surface area contributed by atoms with Gasteiger partial charge in [-0.2, -0.15) is 0 Å². The van der Waals surface area contributed by atoms with Crippen molar-refractivity contribution < 1.29 is 29.0 Å². The Hall–Kier alpha value is -4.43. The smallest absolute Gasteiger partial charge is 0.323 e. The highest BCUT2D eigenvalue weighted by Crippen LogP contribution is 2.32. The van der Waals surface area contributed by atoms with Gasteiger partial charge in [0.15, 0.2) is 0 Å². The Morgan fingerprint density at radius 2 is 2.00 bits per heavy atom. The molecule has 0 radical (unpaired) electrons. The van der Waals surface area contributed by atoms with Crippen molar-refractivity contribution in [3.63, 3.8) is 0 Å². The second kappa shape index (κ2) is 9.15. The molecule has 2 atom stereocenters. The van der Waals surface area contributed by atoms with Crippen molar-refractivity contribution in [1.29, 1.82) is 0 Å². The molecular weight excluding hydrogens is 490 g/mol. The Bertz CT molecular complexity index is 1400. The zero-order valence-corrected chi connectivity index (χ0v) is 21.2. The summed E-state index contributed by atoms with van der Waals surface area (Å²) in [6.45, 7) is 3.41. The van der Waals surface area contributed by atoms with Crippen LogP contribution in [-0.4, -0.2) is 69.6 Å². The molecule has 1 aromatic carbocycles. The molecule has 3 aliphatic heterocycles. The van der Waals surface area contributed by atoms with Crippen molar-refractivity contribution in [1.82, 2.24) is 20.5 Å². The number of urea groups is 1. The molecule has 4 heterocycles. The van der Waals surface area contributed by atoms with Gasteiger partial charge < -0.3 is 20.1 Å². The fourth-order valence-electron chi connectivity index (χ4n) is 5.03. The summed E-state index contributed by atoms with van der Waals surface area (Å²) in [7, 11) is 1.51. The van der Waals surface area contributed by atoms with Gasteiger partial charge in [0.2, 0.25) is 11.4 Å². The molecule has 3 N–H and O–H groups in total. The first-order valence-corrected chi connectivity index (χ1v) is 12.1. The summed E-state index contributed by atoms with van der Waals surface area (Å²) < 4.78 is 5.21. The number of carbonyl (C=O) groups is 4. The normalized spacial score (nSPS) is 22.7. The van der Waals surface area contributed by atoms with Crippen LogP contribution >= 0.6 is 0 Å². The van der Waals surface area contributed by atoms with Gasteiger partial charge in [-0.15, -0.1) is 0 Å². The van der Waals surface area contributed by atoms with Crippen molar-refractivity contribution in [2.75, 3.05) is 18.6 Å². The highest BCUT2D eigenvalue weighted by Gasteiger charge is 2.48. The van der Waals surface area contributed by atoms with Gasteiger partial charge >= 0.3 is 6.03 Å². The summed E-state index contributed by atoms with van der Waals surface area (Å²) in [6.07, 6.45) is 2.30.